The Labute approximate surface area is 123 Å². The molecule has 2 N–H and O–H groups in total. The SMILES string of the molecule is COc1cc(C)c(OC)c(Br)c1C1(N)CCCCC1. The predicted octanol–water partition coefficient (Wildman–Crippen LogP) is 3.89. The summed E-state index contributed by atoms with van der Waals surface area (Å²) >= 11 is 3.67. The quantitative estimate of drug-likeness (QED) is 0.915. The van der Waals surface area contributed by atoms with Crippen molar-refractivity contribution in [2.75, 3.05) is 14.2 Å². The van der Waals surface area contributed by atoms with E-state index in [0.29, 0.717) is 0 Å². The van der Waals surface area contributed by atoms with Crippen LogP contribution in [0, 0.1) is 6.92 Å². The van der Waals surface area contributed by atoms with Crippen LogP contribution in [0.4, 0.5) is 0 Å². The molecule has 0 bridgehead atoms. The van der Waals surface area contributed by atoms with Crippen LogP contribution in [-0.2, 0) is 5.54 Å². The van der Waals surface area contributed by atoms with Gasteiger partial charge in [-0.15, -0.1) is 0 Å². The first kappa shape index (κ1) is 14.7. The van der Waals surface area contributed by atoms with Crippen LogP contribution in [0.3, 0.4) is 0 Å². The number of rotatable bonds is 3. The number of nitrogens with two attached hydrogens (primary N) is 1. The monoisotopic (exact) mass is 327 g/mol. The van der Waals surface area contributed by atoms with Crippen LogP contribution in [0.25, 0.3) is 0 Å². The minimum Gasteiger partial charge on any atom is -0.496 e. The van der Waals surface area contributed by atoms with E-state index in [1.54, 1.807) is 14.2 Å². The Bertz CT molecular complexity index is 468. The van der Waals surface area contributed by atoms with Crippen molar-refractivity contribution in [3.63, 3.8) is 0 Å². The van der Waals surface area contributed by atoms with Crippen molar-refractivity contribution >= 4 is 15.9 Å². The molecule has 0 aromatic heterocycles. The zero-order valence-electron chi connectivity index (χ0n) is 11.9. The number of benzene rings is 1. The average molecular weight is 328 g/mol. The Morgan fingerprint density at radius 2 is 1.79 bits per heavy atom. The molecule has 2 rings (SSSR count). The number of methoxy groups -OCH3 is 2. The van der Waals surface area contributed by atoms with E-state index in [1.807, 2.05) is 13.0 Å². The largest absolute Gasteiger partial charge is 0.496 e. The third-order valence-corrected chi connectivity index (χ3v) is 4.80. The molecule has 0 unspecified atom stereocenters. The molecular weight excluding hydrogens is 306 g/mol. The first-order valence-electron chi connectivity index (χ1n) is 6.74. The van der Waals surface area contributed by atoms with E-state index in [0.717, 1.165) is 39.9 Å². The fraction of sp³-hybridized carbons (Fsp3) is 0.600. The summed E-state index contributed by atoms with van der Waals surface area (Å²) < 4.78 is 12.0. The molecule has 0 radical (unpaired) electrons. The normalized spacial score (nSPS) is 18.2. The molecule has 1 aromatic rings. The summed E-state index contributed by atoms with van der Waals surface area (Å²) in [6.07, 6.45) is 5.59. The molecule has 4 heteroatoms. The molecule has 0 atom stereocenters. The molecule has 19 heavy (non-hydrogen) atoms. The van der Waals surface area contributed by atoms with Gasteiger partial charge in [0.05, 0.1) is 18.7 Å². The maximum atomic E-state index is 6.67. The summed E-state index contributed by atoms with van der Waals surface area (Å²) in [5.41, 5.74) is 8.45. The molecule has 0 saturated heterocycles. The van der Waals surface area contributed by atoms with Crippen molar-refractivity contribution in [1.29, 1.82) is 0 Å². The van der Waals surface area contributed by atoms with Crippen molar-refractivity contribution in [2.24, 2.45) is 5.73 Å². The van der Waals surface area contributed by atoms with Gasteiger partial charge in [0, 0.05) is 11.1 Å². The van der Waals surface area contributed by atoms with E-state index in [4.69, 9.17) is 15.2 Å². The number of halogens is 1. The highest BCUT2D eigenvalue weighted by Crippen LogP contribution is 2.47. The summed E-state index contributed by atoms with van der Waals surface area (Å²) in [5, 5.41) is 0. The zero-order chi connectivity index (χ0) is 14.0. The summed E-state index contributed by atoms with van der Waals surface area (Å²) in [4.78, 5) is 0. The predicted molar refractivity (Wildman–Crippen MR) is 80.9 cm³/mol. The number of hydrogen-bond acceptors (Lipinski definition) is 3. The van der Waals surface area contributed by atoms with Crippen LogP contribution >= 0.6 is 15.9 Å². The van der Waals surface area contributed by atoms with Crippen LogP contribution < -0.4 is 15.2 Å². The van der Waals surface area contributed by atoms with Gasteiger partial charge in [-0.2, -0.15) is 0 Å². The number of hydrogen-bond donors (Lipinski definition) is 1. The Morgan fingerprint density at radius 3 is 2.32 bits per heavy atom. The van der Waals surface area contributed by atoms with Gasteiger partial charge in [0.15, 0.2) is 0 Å². The molecule has 1 fully saturated rings. The lowest BCUT2D eigenvalue weighted by Gasteiger charge is -2.36. The van der Waals surface area contributed by atoms with Crippen LogP contribution in [0.15, 0.2) is 10.5 Å². The Balaban J connectivity index is 2.59. The fourth-order valence-electron chi connectivity index (χ4n) is 3.04. The lowest BCUT2D eigenvalue weighted by atomic mass is 9.77. The van der Waals surface area contributed by atoms with Gasteiger partial charge in [-0.25, -0.2) is 0 Å². The molecule has 0 aliphatic heterocycles. The Kier molecular flexibility index (Phi) is 4.41. The topological polar surface area (TPSA) is 44.5 Å². The van der Waals surface area contributed by atoms with Crippen molar-refractivity contribution in [1.82, 2.24) is 0 Å². The summed E-state index contributed by atoms with van der Waals surface area (Å²) in [6, 6.07) is 2.02. The molecule has 1 saturated carbocycles. The van der Waals surface area contributed by atoms with Crippen LogP contribution in [0.1, 0.15) is 43.2 Å². The molecule has 0 amide bonds. The summed E-state index contributed by atoms with van der Waals surface area (Å²) in [7, 11) is 3.39. The minimum absolute atomic E-state index is 0.316. The highest BCUT2D eigenvalue weighted by atomic mass is 79.9. The third kappa shape index (κ3) is 2.61. The molecule has 106 valence electrons. The first-order valence-corrected chi connectivity index (χ1v) is 7.53. The van der Waals surface area contributed by atoms with E-state index in [9.17, 15) is 0 Å². The molecule has 1 aromatic carbocycles. The second-order valence-corrected chi connectivity index (χ2v) is 6.13. The first-order chi connectivity index (χ1) is 9.03. The van der Waals surface area contributed by atoms with Gasteiger partial charge in [-0.1, -0.05) is 19.3 Å². The summed E-state index contributed by atoms with van der Waals surface area (Å²) in [5.74, 6) is 1.71. The van der Waals surface area contributed by atoms with E-state index >= 15 is 0 Å². The van der Waals surface area contributed by atoms with Gasteiger partial charge in [-0.05, 0) is 47.3 Å². The molecule has 0 heterocycles. The van der Waals surface area contributed by atoms with Crippen LogP contribution in [0.2, 0.25) is 0 Å². The molecule has 1 aliphatic rings. The van der Waals surface area contributed by atoms with Crippen molar-refractivity contribution in [2.45, 2.75) is 44.6 Å². The van der Waals surface area contributed by atoms with E-state index in [-0.39, 0.29) is 5.54 Å². The fourth-order valence-corrected chi connectivity index (χ4v) is 4.10. The van der Waals surface area contributed by atoms with Crippen molar-refractivity contribution in [3.05, 3.63) is 21.7 Å². The lowest BCUT2D eigenvalue weighted by molar-refractivity contribution is 0.285. The molecule has 0 spiro atoms. The Morgan fingerprint density at radius 1 is 1.16 bits per heavy atom. The van der Waals surface area contributed by atoms with Gasteiger partial charge in [0.1, 0.15) is 11.5 Å². The highest BCUT2D eigenvalue weighted by molar-refractivity contribution is 9.10. The second kappa shape index (κ2) is 5.71. The molecule has 3 nitrogen and oxygen atoms in total. The van der Waals surface area contributed by atoms with Gasteiger partial charge >= 0.3 is 0 Å². The van der Waals surface area contributed by atoms with Gasteiger partial charge in [-0.3, -0.25) is 0 Å². The van der Waals surface area contributed by atoms with Crippen LogP contribution in [0.5, 0.6) is 11.5 Å². The average Bonchev–Trinajstić information content (AvgIpc) is 2.38. The maximum Gasteiger partial charge on any atom is 0.136 e. The molecule has 1 aliphatic carbocycles. The second-order valence-electron chi connectivity index (χ2n) is 5.33. The third-order valence-electron chi connectivity index (χ3n) is 4.04. The number of aryl methyl sites for hydroxylation is 1. The maximum absolute atomic E-state index is 6.67. The van der Waals surface area contributed by atoms with Crippen LogP contribution in [-0.4, -0.2) is 14.2 Å². The van der Waals surface area contributed by atoms with E-state index in [1.165, 1.54) is 19.3 Å². The lowest BCUT2D eigenvalue weighted by Crippen LogP contribution is -2.39. The highest BCUT2D eigenvalue weighted by Gasteiger charge is 2.35. The summed E-state index contributed by atoms with van der Waals surface area (Å²) in [6.45, 7) is 2.01. The van der Waals surface area contributed by atoms with Gasteiger partial charge < -0.3 is 15.2 Å². The standard InChI is InChI=1S/C15H22BrNO2/c1-10-9-11(18-2)12(13(16)14(10)19-3)15(17)7-5-4-6-8-15/h9H,4-8,17H2,1-3H3. The van der Waals surface area contributed by atoms with Gasteiger partial charge in [0.25, 0.3) is 0 Å². The smallest absolute Gasteiger partial charge is 0.136 e. The zero-order valence-corrected chi connectivity index (χ0v) is 13.5. The van der Waals surface area contributed by atoms with E-state index in [2.05, 4.69) is 15.9 Å². The van der Waals surface area contributed by atoms with Gasteiger partial charge in [0.2, 0.25) is 0 Å². The van der Waals surface area contributed by atoms with E-state index < -0.39 is 0 Å². The minimum atomic E-state index is -0.316. The van der Waals surface area contributed by atoms with Crippen molar-refractivity contribution in [3.8, 4) is 11.5 Å². The Hall–Kier alpha value is -0.740. The molecular formula is C15H22BrNO2. The number of ether oxygens (including phenoxy) is 2. The van der Waals surface area contributed by atoms with Crippen molar-refractivity contribution < 1.29 is 9.47 Å².